The molecule has 0 saturated carbocycles. The van der Waals surface area contributed by atoms with Crippen LogP contribution in [-0.4, -0.2) is 42.2 Å². The maximum atomic E-state index is 12.5. The van der Waals surface area contributed by atoms with Gasteiger partial charge in [0.05, 0.1) is 6.34 Å². The first kappa shape index (κ1) is 15.5. The highest BCUT2D eigenvalue weighted by molar-refractivity contribution is 6.05. The SMILES string of the molecule is CN=C(N=CN)c1cc(NC(=O)N2C3CCCC2C3)ccc1C. The van der Waals surface area contributed by atoms with Crippen LogP contribution in [0.4, 0.5) is 10.5 Å². The molecule has 2 saturated heterocycles. The highest BCUT2D eigenvalue weighted by atomic mass is 16.2. The Hall–Kier alpha value is -2.37. The number of carbonyl (C=O) groups excluding carboxylic acids is 1. The molecule has 122 valence electrons. The zero-order chi connectivity index (χ0) is 16.4. The first-order chi connectivity index (χ1) is 11.1. The summed E-state index contributed by atoms with van der Waals surface area (Å²) in [5.74, 6) is 0.557. The molecule has 6 nitrogen and oxygen atoms in total. The zero-order valence-electron chi connectivity index (χ0n) is 13.6. The van der Waals surface area contributed by atoms with E-state index in [9.17, 15) is 4.79 Å². The van der Waals surface area contributed by atoms with E-state index in [2.05, 4.69) is 15.3 Å². The number of nitrogens with two attached hydrogens (primary N) is 1. The quantitative estimate of drug-likeness (QED) is 0.649. The topological polar surface area (TPSA) is 83.1 Å². The number of hydrogen-bond donors (Lipinski definition) is 2. The van der Waals surface area contributed by atoms with Gasteiger partial charge in [-0.1, -0.05) is 6.07 Å². The van der Waals surface area contributed by atoms with Crippen LogP contribution in [0.3, 0.4) is 0 Å². The summed E-state index contributed by atoms with van der Waals surface area (Å²) < 4.78 is 0. The van der Waals surface area contributed by atoms with E-state index in [4.69, 9.17) is 5.73 Å². The third-order valence-corrected chi connectivity index (χ3v) is 4.78. The third-order valence-electron chi connectivity index (χ3n) is 4.78. The summed E-state index contributed by atoms with van der Waals surface area (Å²) in [6.07, 6.45) is 5.88. The van der Waals surface area contributed by atoms with Crippen molar-refractivity contribution < 1.29 is 4.79 Å². The third kappa shape index (κ3) is 2.93. The van der Waals surface area contributed by atoms with Crippen LogP contribution in [0.1, 0.15) is 36.8 Å². The highest BCUT2D eigenvalue weighted by Crippen LogP contribution is 2.38. The molecule has 1 aromatic rings. The van der Waals surface area contributed by atoms with E-state index in [0.717, 1.165) is 36.1 Å². The van der Waals surface area contributed by atoms with Gasteiger partial charge in [0.1, 0.15) is 0 Å². The van der Waals surface area contributed by atoms with Crippen molar-refractivity contribution in [1.82, 2.24) is 4.90 Å². The Morgan fingerprint density at radius 2 is 2.13 bits per heavy atom. The standard InChI is InChI=1S/C17H23N5O/c1-11-6-7-12(8-15(11)16(19-2)20-10-18)21-17(23)22-13-4-3-5-14(22)9-13/h6-8,10,13-14H,3-5,9H2,1-2H3,(H,21,23)(H2,18,19,20). The van der Waals surface area contributed by atoms with Crippen molar-refractivity contribution in [2.75, 3.05) is 12.4 Å². The zero-order valence-corrected chi connectivity index (χ0v) is 13.6. The summed E-state index contributed by atoms with van der Waals surface area (Å²) in [5, 5.41) is 3.01. The van der Waals surface area contributed by atoms with Crippen molar-refractivity contribution in [2.24, 2.45) is 15.7 Å². The monoisotopic (exact) mass is 313 g/mol. The van der Waals surface area contributed by atoms with E-state index in [1.807, 2.05) is 30.0 Å². The summed E-state index contributed by atoms with van der Waals surface area (Å²) in [7, 11) is 1.67. The number of nitrogens with one attached hydrogen (secondary N) is 1. The number of aliphatic imine (C=N–C) groups is 2. The number of rotatable bonds is 2. The van der Waals surface area contributed by atoms with Gasteiger partial charge in [0.25, 0.3) is 0 Å². The van der Waals surface area contributed by atoms with Gasteiger partial charge in [-0.25, -0.2) is 9.79 Å². The van der Waals surface area contributed by atoms with Crippen LogP contribution in [0.25, 0.3) is 0 Å². The summed E-state index contributed by atoms with van der Waals surface area (Å²) in [4.78, 5) is 22.7. The number of nitrogens with zero attached hydrogens (tertiary/aromatic N) is 3. The molecule has 2 unspecified atom stereocenters. The second-order valence-corrected chi connectivity index (χ2v) is 6.17. The van der Waals surface area contributed by atoms with Gasteiger partial charge >= 0.3 is 6.03 Å². The summed E-state index contributed by atoms with van der Waals surface area (Å²) >= 11 is 0. The van der Waals surface area contributed by atoms with Crippen molar-refractivity contribution in [3.05, 3.63) is 29.3 Å². The molecular weight excluding hydrogens is 290 g/mol. The predicted octanol–water partition coefficient (Wildman–Crippen LogP) is 2.52. The molecule has 1 aromatic carbocycles. The lowest BCUT2D eigenvalue weighted by atomic mass is 9.80. The molecule has 3 rings (SSSR count). The number of hydrogen-bond acceptors (Lipinski definition) is 2. The second-order valence-electron chi connectivity index (χ2n) is 6.17. The molecule has 0 radical (unpaired) electrons. The van der Waals surface area contributed by atoms with E-state index < -0.39 is 0 Å². The van der Waals surface area contributed by atoms with Crippen LogP contribution < -0.4 is 11.1 Å². The minimum atomic E-state index is -0.00179. The van der Waals surface area contributed by atoms with E-state index in [1.54, 1.807) is 7.05 Å². The summed E-state index contributed by atoms with van der Waals surface area (Å²) in [6.45, 7) is 1.98. The lowest BCUT2D eigenvalue weighted by Gasteiger charge is -2.52. The Bertz CT molecular complexity index is 653. The number of amides is 2. The van der Waals surface area contributed by atoms with Crippen molar-refractivity contribution in [1.29, 1.82) is 0 Å². The van der Waals surface area contributed by atoms with Crippen LogP contribution in [0.2, 0.25) is 0 Å². The van der Waals surface area contributed by atoms with Gasteiger partial charge in [-0.05, 0) is 50.3 Å². The van der Waals surface area contributed by atoms with E-state index in [-0.39, 0.29) is 6.03 Å². The normalized spacial score (nSPS) is 23.7. The Balaban J connectivity index is 1.77. The largest absolute Gasteiger partial charge is 0.390 e. The van der Waals surface area contributed by atoms with Crippen molar-refractivity contribution in [3.8, 4) is 0 Å². The first-order valence-electron chi connectivity index (χ1n) is 8.05. The Morgan fingerprint density at radius 3 is 2.74 bits per heavy atom. The number of benzene rings is 1. The van der Waals surface area contributed by atoms with Gasteiger partial charge < -0.3 is 16.0 Å². The van der Waals surface area contributed by atoms with Gasteiger partial charge in [0.2, 0.25) is 0 Å². The average Bonchev–Trinajstić information content (AvgIpc) is 2.55. The van der Waals surface area contributed by atoms with Crippen molar-refractivity contribution in [2.45, 2.75) is 44.7 Å². The number of aryl methyl sites for hydroxylation is 1. The lowest BCUT2D eigenvalue weighted by molar-refractivity contribution is 0.0173. The fraction of sp³-hybridized carbons (Fsp3) is 0.471. The average molecular weight is 313 g/mol. The lowest BCUT2D eigenvalue weighted by Crippen LogP contribution is -2.62. The number of amidine groups is 1. The predicted molar refractivity (Wildman–Crippen MR) is 93.2 cm³/mol. The molecule has 0 aliphatic carbocycles. The first-order valence-corrected chi connectivity index (χ1v) is 8.05. The number of urea groups is 1. The Kier molecular flexibility index (Phi) is 4.32. The number of carbonyl (C=O) groups is 1. The number of fused-ring (bicyclic) bond motifs is 2. The van der Waals surface area contributed by atoms with Crippen LogP contribution in [0, 0.1) is 6.92 Å². The van der Waals surface area contributed by atoms with E-state index in [0.29, 0.717) is 17.9 Å². The molecule has 2 aliphatic heterocycles. The molecule has 23 heavy (non-hydrogen) atoms. The molecule has 3 N–H and O–H groups in total. The summed E-state index contributed by atoms with van der Waals surface area (Å²) in [5.41, 5.74) is 8.05. The van der Waals surface area contributed by atoms with Crippen molar-refractivity contribution in [3.63, 3.8) is 0 Å². The number of anilines is 1. The van der Waals surface area contributed by atoms with E-state index in [1.165, 1.54) is 12.8 Å². The molecule has 6 heteroatoms. The van der Waals surface area contributed by atoms with Crippen LogP contribution in [0.15, 0.2) is 28.2 Å². The fourth-order valence-electron chi connectivity index (χ4n) is 3.58. The molecule has 2 amide bonds. The molecule has 2 fully saturated rings. The van der Waals surface area contributed by atoms with Gasteiger partial charge in [0, 0.05) is 30.4 Å². The summed E-state index contributed by atoms with van der Waals surface area (Å²) in [6, 6.07) is 6.61. The van der Waals surface area contributed by atoms with E-state index >= 15 is 0 Å². The van der Waals surface area contributed by atoms with Gasteiger partial charge in [-0.2, -0.15) is 0 Å². The highest BCUT2D eigenvalue weighted by Gasteiger charge is 2.44. The molecule has 0 aromatic heterocycles. The van der Waals surface area contributed by atoms with Crippen LogP contribution in [-0.2, 0) is 0 Å². The van der Waals surface area contributed by atoms with Crippen LogP contribution >= 0.6 is 0 Å². The maximum absolute atomic E-state index is 12.5. The number of piperidine rings is 1. The molecule has 2 heterocycles. The minimum absolute atomic E-state index is 0.00179. The molecule has 2 atom stereocenters. The second kappa shape index (κ2) is 6.40. The van der Waals surface area contributed by atoms with Crippen molar-refractivity contribution >= 4 is 23.9 Å². The fourth-order valence-corrected chi connectivity index (χ4v) is 3.58. The van der Waals surface area contributed by atoms with Gasteiger partial charge in [0.15, 0.2) is 5.84 Å². The minimum Gasteiger partial charge on any atom is -0.390 e. The smallest absolute Gasteiger partial charge is 0.322 e. The van der Waals surface area contributed by atoms with Gasteiger partial charge in [-0.15, -0.1) is 0 Å². The van der Waals surface area contributed by atoms with Gasteiger partial charge in [-0.3, -0.25) is 4.99 Å². The maximum Gasteiger partial charge on any atom is 0.322 e. The molecule has 0 spiro atoms. The molecule has 2 bridgehead atoms. The van der Waals surface area contributed by atoms with Crippen LogP contribution in [0.5, 0.6) is 0 Å². The Morgan fingerprint density at radius 1 is 1.39 bits per heavy atom. The molecule has 2 aliphatic rings. The molecular formula is C17H23N5O. The Labute approximate surface area is 136 Å².